The van der Waals surface area contributed by atoms with Crippen LogP contribution < -0.4 is 5.32 Å². The number of nitrogens with zero attached hydrogens (tertiary/aromatic N) is 2. The Bertz CT molecular complexity index is 780. The van der Waals surface area contributed by atoms with E-state index < -0.39 is 0 Å². The Morgan fingerprint density at radius 3 is 3.10 bits per heavy atom. The van der Waals surface area contributed by atoms with Crippen molar-refractivity contribution >= 4 is 32.8 Å². The van der Waals surface area contributed by atoms with Crippen LogP contribution in [-0.2, 0) is 6.42 Å². The molecular formula is C15H13BrN4. The number of hydrogen-bond acceptors (Lipinski definition) is 3. The van der Waals surface area contributed by atoms with Gasteiger partial charge in [0.15, 0.2) is 5.65 Å². The minimum atomic E-state index is 0.359. The van der Waals surface area contributed by atoms with Crippen LogP contribution >= 0.6 is 15.9 Å². The van der Waals surface area contributed by atoms with Gasteiger partial charge in [-0.3, -0.25) is 0 Å². The molecule has 4 nitrogen and oxygen atoms in total. The Kier molecular flexibility index (Phi) is 2.73. The fraction of sp³-hybridized carbons (Fsp3) is 0.200. The molecule has 0 bridgehead atoms. The molecule has 0 spiro atoms. The lowest BCUT2D eigenvalue weighted by Crippen LogP contribution is -2.22. The molecule has 0 aliphatic carbocycles. The highest BCUT2D eigenvalue weighted by molar-refractivity contribution is 9.10. The fourth-order valence-electron chi connectivity index (χ4n) is 2.72. The van der Waals surface area contributed by atoms with Gasteiger partial charge in [0.05, 0.1) is 5.52 Å². The van der Waals surface area contributed by atoms with E-state index >= 15 is 0 Å². The van der Waals surface area contributed by atoms with Gasteiger partial charge in [0.2, 0.25) is 0 Å². The van der Waals surface area contributed by atoms with Crippen molar-refractivity contribution in [3.05, 3.63) is 52.4 Å². The van der Waals surface area contributed by atoms with Crippen molar-refractivity contribution in [2.45, 2.75) is 12.3 Å². The molecular weight excluding hydrogens is 316 g/mol. The van der Waals surface area contributed by atoms with Gasteiger partial charge in [-0.25, -0.2) is 9.97 Å². The Morgan fingerprint density at radius 2 is 2.15 bits per heavy atom. The smallest absolute Gasteiger partial charge is 0.177 e. The van der Waals surface area contributed by atoms with Crippen molar-refractivity contribution in [1.29, 1.82) is 0 Å². The molecule has 0 amide bonds. The monoisotopic (exact) mass is 328 g/mol. The normalized spacial score (nSPS) is 17.8. The molecule has 1 aromatic carbocycles. The first-order valence-corrected chi connectivity index (χ1v) is 7.42. The Hall–Kier alpha value is -1.88. The molecule has 0 radical (unpaired) electrons. The highest BCUT2D eigenvalue weighted by Gasteiger charge is 2.22. The van der Waals surface area contributed by atoms with Crippen molar-refractivity contribution in [3.8, 4) is 0 Å². The summed E-state index contributed by atoms with van der Waals surface area (Å²) in [5, 5.41) is 3.48. The van der Waals surface area contributed by atoms with Gasteiger partial charge in [-0.05, 0) is 40.0 Å². The van der Waals surface area contributed by atoms with Crippen LogP contribution in [0.5, 0.6) is 0 Å². The number of hydrogen-bond donors (Lipinski definition) is 2. The average Bonchev–Trinajstić information content (AvgIpc) is 2.89. The Balaban J connectivity index is 1.70. The molecule has 0 saturated heterocycles. The predicted molar refractivity (Wildman–Crippen MR) is 83.0 cm³/mol. The third-order valence-electron chi connectivity index (χ3n) is 3.73. The standard InChI is InChI=1S/C15H13BrN4/c16-11-6-13-15(18-8-11)20-14(19-13)10-5-9-3-1-2-4-12(9)17-7-10/h1-4,6,8,10,17H,5,7H2,(H,18,19,20). The number of rotatable bonds is 1. The number of anilines is 1. The Labute approximate surface area is 124 Å². The molecule has 0 saturated carbocycles. The van der Waals surface area contributed by atoms with Crippen molar-refractivity contribution < 1.29 is 0 Å². The maximum Gasteiger partial charge on any atom is 0.177 e. The first kappa shape index (κ1) is 11.9. The van der Waals surface area contributed by atoms with Crippen LogP contribution in [0.25, 0.3) is 11.2 Å². The van der Waals surface area contributed by atoms with Crippen LogP contribution in [0.3, 0.4) is 0 Å². The van der Waals surface area contributed by atoms with E-state index in [4.69, 9.17) is 0 Å². The summed E-state index contributed by atoms with van der Waals surface area (Å²) < 4.78 is 0.965. The number of H-pyrrole nitrogens is 1. The van der Waals surface area contributed by atoms with E-state index in [1.165, 1.54) is 11.3 Å². The minimum Gasteiger partial charge on any atom is -0.384 e. The van der Waals surface area contributed by atoms with Crippen LogP contribution in [-0.4, -0.2) is 21.5 Å². The van der Waals surface area contributed by atoms with Gasteiger partial charge in [0.1, 0.15) is 5.82 Å². The van der Waals surface area contributed by atoms with E-state index in [-0.39, 0.29) is 0 Å². The van der Waals surface area contributed by atoms with Crippen LogP contribution in [0.2, 0.25) is 0 Å². The maximum absolute atomic E-state index is 4.62. The van der Waals surface area contributed by atoms with E-state index in [1.807, 2.05) is 6.07 Å². The van der Waals surface area contributed by atoms with Crippen LogP contribution in [0, 0.1) is 0 Å². The molecule has 3 heterocycles. The molecule has 20 heavy (non-hydrogen) atoms. The van der Waals surface area contributed by atoms with Gasteiger partial charge >= 0.3 is 0 Å². The third-order valence-corrected chi connectivity index (χ3v) is 4.17. The molecule has 3 aromatic rings. The second kappa shape index (κ2) is 4.59. The second-order valence-corrected chi connectivity index (χ2v) is 6.00. The topological polar surface area (TPSA) is 53.6 Å². The molecule has 1 atom stereocenters. The quantitative estimate of drug-likeness (QED) is 0.719. The summed E-state index contributed by atoms with van der Waals surface area (Å²) in [6.07, 6.45) is 2.78. The number of halogens is 1. The summed E-state index contributed by atoms with van der Waals surface area (Å²) in [7, 11) is 0. The molecule has 100 valence electrons. The van der Waals surface area contributed by atoms with Gasteiger partial charge in [-0.2, -0.15) is 0 Å². The SMILES string of the molecule is Brc1cnc2nc(C3CNc4ccccc4C3)[nH]c2c1. The minimum absolute atomic E-state index is 0.359. The second-order valence-electron chi connectivity index (χ2n) is 5.09. The molecule has 1 aliphatic heterocycles. The van der Waals surface area contributed by atoms with Gasteiger partial charge < -0.3 is 10.3 Å². The number of nitrogens with one attached hydrogen (secondary N) is 2. The largest absolute Gasteiger partial charge is 0.384 e. The van der Waals surface area contributed by atoms with Crippen LogP contribution in [0.4, 0.5) is 5.69 Å². The first-order chi connectivity index (χ1) is 9.79. The molecule has 2 N–H and O–H groups in total. The van der Waals surface area contributed by atoms with E-state index in [0.717, 1.165) is 34.4 Å². The van der Waals surface area contributed by atoms with Gasteiger partial charge in [0.25, 0.3) is 0 Å². The summed E-state index contributed by atoms with van der Waals surface area (Å²) in [5.74, 6) is 1.37. The maximum atomic E-state index is 4.62. The van der Waals surface area contributed by atoms with Crippen molar-refractivity contribution in [2.75, 3.05) is 11.9 Å². The first-order valence-electron chi connectivity index (χ1n) is 6.62. The van der Waals surface area contributed by atoms with Crippen molar-refractivity contribution in [1.82, 2.24) is 15.0 Å². The predicted octanol–water partition coefficient (Wildman–Crippen LogP) is 3.47. The molecule has 2 aromatic heterocycles. The zero-order valence-electron chi connectivity index (χ0n) is 10.7. The highest BCUT2D eigenvalue weighted by Crippen LogP contribution is 2.30. The lowest BCUT2D eigenvalue weighted by molar-refractivity contribution is 0.659. The third kappa shape index (κ3) is 1.98. The fourth-order valence-corrected chi connectivity index (χ4v) is 3.05. The number of benzene rings is 1. The van der Waals surface area contributed by atoms with Gasteiger partial charge in [0, 0.05) is 28.8 Å². The lowest BCUT2D eigenvalue weighted by atomic mass is 9.93. The van der Waals surface area contributed by atoms with Crippen molar-refractivity contribution in [3.63, 3.8) is 0 Å². The summed E-state index contributed by atoms with van der Waals surface area (Å²) in [5.41, 5.74) is 4.34. The van der Waals surface area contributed by atoms with E-state index in [1.54, 1.807) is 6.20 Å². The van der Waals surface area contributed by atoms with E-state index in [0.29, 0.717) is 5.92 Å². The zero-order chi connectivity index (χ0) is 13.5. The van der Waals surface area contributed by atoms with Gasteiger partial charge in [-0.15, -0.1) is 0 Å². The van der Waals surface area contributed by atoms with E-state index in [2.05, 4.69) is 60.5 Å². The number of aromatic amines is 1. The molecule has 4 rings (SSSR count). The number of fused-ring (bicyclic) bond motifs is 2. The van der Waals surface area contributed by atoms with Crippen LogP contribution in [0.15, 0.2) is 41.0 Å². The number of pyridine rings is 1. The lowest BCUT2D eigenvalue weighted by Gasteiger charge is -2.24. The van der Waals surface area contributed by atoms with Gasteiger partial charge in [-0.1, -0.05) is 18.2 Å². The highest BCUT2D eigenvalue weighted by atomic mass is 79.9. The average molecular weight is 329 g/mol. The number of aromatic nitrogens is 3. The van der Waals surface area contributed by atoms with E-state index in [9.17, 15) is 0 Å². The summed E-state index contributed by atoms with van der Waals surface area (Å²) >= 11 is 3.44. The zero-order valence-corrected chi connectivity index (χ0v) is 12.3. The number of imidazole rings is 1. The number of para-hydroxylation sites is 1. The molecule has 1 unspecified atom stereocenters. The summed E-state index contributed by atoms with van der Waals surface area (Å²) in [6, 6.07) is 10.5. The Morgan fingerprint density at radius 1 is 1.25 bits per heavy atom. The van der Waals surface area contributed by atoms with Crippen molar-refractivity contribution in [2.24, 2.45) is 0 Å². The molecule has 1 aliphatic rings. The molecule has 0 fully saturated rings. The molecule has 5 heteroatoms. The summed E-state index contributed by atoms with van der Waals surface area (Å²) in [6.45, 7) is 0.901. The van der Waals surface area contributed by atoms with Crippen LogP contribution in [0.1, 0.15) is 17.3 Å². The summed E-state index contributed by atoms with van der Waals surface area (Å²) in [4.78, 5) is 12.3.